The number of aliphatic carboxylic acids is 1. The van der Waals surface area contributed by atoms with Gasteiger partial charge in [0.2, 0.25) is 0 Å². The molecule has 0 saturated carbocycles. The van der Waals surface area contributed by atoms with E-state index < -0.39 is 17.4 Å². The predicted octanol–water partition coefficient (Wildman–Crippen LogP) is 1.78. The van der Waals surface area contributed by atoms with Gasteiger partial charge in [-0.25, -0.2) is 9.59 Å². The molecule has 0 aromatic heterocycles. The van der Waals surface area contributed by atoms with Crippen LogP contribution in [0.1, 0.15) is 34.6 Å². The zero-order valence-electron chi connectivity index (χ0n) is 11.6. The lowest BCUT2D eigenvalue weighted by Gasteiger charge is -2.30. The summed E-state index contributed by atoms with van der Waals surface area (Å²) < 4.78 is 0. The Kier molecular flexibility index (Phi) is 5.45. The Morgan fingerprint density at radius 3 is 2.06 bits per heavy atom. The van der Waals surface area contributed by atoms with E-state index in [-0.39, 0.29) is 6.03 Å². The monoisotopic (exact) mass is 244 g/mol. The number of amides is 2. The minimum Gasteiger partial charge on any atom is -0.480 e. The third kappa shape index (κ3) is 5.56. The van der Waals surface area contributed by atoms with E-state index in [1.807, 2.05) is 13.8 Å². The molecule has 5 heteroatoms. The molecular weight excluding hydrogens is 220 g/mol. The predicted molar refractivity (Wildman–Crippen MR) is 66.9 cm³/mol. The molecule has 0 saturated heterocycles. The van der Waals surface area contributed by atoms with Crippen LogP contribution in [0.4, 0.5) is 4.79 Å². The molecule has 1 atom stereocenters. The summed E-state index contributed by atoms with van der Waals surface area (Å²) in [6, 6.07) is -1.23. The van der Waals surface area contributed by atoms with Crippen molar-refractivity contribution in [1.82, 2.24) is 10.2 Å². The van der Waals surface area contributed by atoms with Crippen LogP contribution in [0.15, 0.2) is 0 Å². The maximum Gasteiger partial charge on any atom is 0.326 e. The van der Waals surface area contributed by atoms with Gasteiger partial charge >= 0.3 is 12.0 Å². The summed E-state index contributed by atoms with van der Waals surface area (Å²) in [6.45, 7) is 9.96. The zero-order chi connectivity index (χ0) is 13.8. The van der Waals surface area contributed by atoms with Gasteiger partial charge < -0.3 is 15.3 Å². The summed E-state index contributed by atoms with van der Waals surface area (Å²) in [5.74, 6) is -0.660. The first-order valence-corrected chi connectivity index (χ1v) is 5.80. The van der Waals surface area contributed by atoms with E-state index in [1.165, 1.54) is 4.90 Å². The molecule has 2 N–H and O–H groups in total. The number of rotatable bonds is 4. The fraction of sp³-hybridized carbons (Fsp3) is 0.833. The highest BCUT2D eigenvalue weighted by molar-refractivity contribution is 5.83. The van der Waals surface area contributed by atoms with E-state index in [1.54, 1.807) is 27.8 Å². The van der Waals surface area contributed by atoms with Gasteiger partial charge in [0.25, 0.3) is 0 Å². The number of nitrogens with zero attached hydrogens (tertiary/aromatic N) is 1. The van der Waals surface area contributed by atoms with Gasteiger partial charge in [-0.1, -0.05) is 34.6 Å². The number of urea groups is 1. The minimum absolute atomic E-state index is 0.346. The van der Waals surface area contributed by atoms with Crippen LogP contribution in [0.5, 0.6) is 0 Å². The summed E-state index contributed by atoms with van der Waals surface area (Å²) in [4.78, 5) is 24.4. The third-order valence-electron chi connectivity index (χ3n) is 2.37. The lowest BCUT2D eigenvalue weighted by Crippen LogP contribution is -2.53. The van der Waals surface area contributed by atoms with Crippen LogP contribution in [-0.4, -0.2) is 41.6 Å². The van der Waals surface area contributed by atoms with Crippen molar-refractivity contribution in [2.75, 3.05) is 13.6 Å². The second kappa shape index (κ2) is 5.89. The number of carboxylic acids is 1. The van der Waals surface area contributed by atoms with Crippen molar-refractivity contribution in [1.29, 1.82) is 0 Å². The van der Waals surface area contributed by atoms with Crippen molar-refractivity contribution in [2.45, 2.75) is 40.7 Å². The molecule has 0 fully saturated rings. The van der Waals surface area contributed by atoms with E-state index in [2.05, 4.69) is 5.32 Å². The Labute approximate surface area is 103 Å². The molecule has 0 aliphatic rings. The number of hydrogen-bond acceptors (Lipinski definition) is 2. The Hall–Kier alpha value is -1.26. The van der Waals surface area contributed by atoms with Gasteiger partial charge in [-0.15, -0.1) is 0 Å². The first-order valence-electron chi connectivity index (χ1n) is 5.80. The molecule has 2 amide bonds. The maximum atomic E-state index is 11.8. The van der Waals surface area contributed by atoms with Gasteiger partial charge in [-0.2, -0.15) is 0 Å². The maximum absolute atomic E-state index is 11.8. The highest BCUT2D eigenvalue weighted by Crippen LogP contribution is 2.19. The number of nitrogens with one attached hydrogen (secondary N) is 1. The zero-order valence-corrected chi connectivity index (χ0v) is 11.6. The van der Waals surface area contributed by atoms with Crippen LogP contribution in [-0.2, 0) is 4.79 Å². The standard InChI is InChI=1S/C12H24N2O3/c1-8(2)7-14(6)11(17)13-9(10(15)16)12(3,4)5/h8-9H,7H2,1-6H3,(H,13,17)(H,15,16)/t9-/m0/s1. The SMILES string of the molecule is CC(C)CN(C)C(=O)N[C@@H](C(=O)O)C(C)(C)C. The molecule has 0 spiro atoms. The molecular formula is C12H24N2O3. The van der Waals surface area contributed by atoms with Crippen LogP contribution < -0.4 is 5.32 Å². The summed E-state index contributed by atoms with van der Waals surface area (Å²) in [7, 11) is 1.66. The Morgan fingerprint density at radius 1 is 1.29 bits per heavy atom. The van der Waals surface area contributed by atoms with Crippen molar-refractivity contribution < 1.29 is 14.7 Å². The second-order valence-electron chi connectivity index (χ2n) is 5.86. The normalized spacial score (nSPS) is 13.4. The highest BCUT2D eigenvalue weighted by atomic mass is 16.4. The fourth-order valence-electron chi connectivity index (χ4n) is 1.51. The van der Waals surface area contributed by atoms with Crippen LogP contribution in [0.3, 0.4) is 0 Å². The fourth-order valence-corrected chi connectivity index (χ4v) is 1.51. The van der Waals surface area contributed by atoms with E-state index in [4.69, 9.17) is 5.11 Å². The van der Waals surface area contributed by atoms with Crippen LogP contribution in [0, 0.1) is 11.3 Å². The van der Waals surface area contributed by atoms with Crippen molar-refractivity contribution >= 4 is 12.0 Å². The molecule has 0 aromatic carbocycles. The molecule has 0 aliphatic carbocycles. The Morgan fingerprint density at radius 2 is 1.76 bits per heavy atom. The molecule has 0 unspecified atom stereocenters. The minimum atomic E-state index is -1.01. The molecule has 0 bridgehead atoms. The van der Waals surface area contributed by atoms with E-state index in [9.17, 15) is 9.59 Å². The molecule has 17 heavy (non-hydrogen) atoms. The number of carbonyl (C=O) groups is 2. The van der Waals surface area contributed by atoms with Crippen LogP contribution >= 0.6 is 0 Å². The first-order chi connectivity index (χ1) is 7.55. The summed E-state index contributed by atoms with van der Waals surface area (Å²) >= 11 is 0. The number of carboxylic acid groups (broad SMARTS) is 1. The van der Waals surface area contributed by atoms with E-state index in [0.29, 0.717) is 12.5 Å². The third-order valence-corrected chi connectivity index (χ3v) is 2.37. The number of hydrogen-bond donors (Lipinski definition) is 2. The smallest absolute Gasteiger partial charge is 0.326 e. The number of carbonyl (C=O) groups excluding carboxylic acids is 1. The largest absolute Gasteiger partial charge is 0.480 e. The lowest BCUT2D eigenvalue weighted by molar-refractivity contribution is -0.142. The summed E-state index contributed by atoms with van der Waals surface area (Å²) in [5.41, 5.74) is -0.514. The molecule has 0 aliphatic heterocycles. The van der Waals surface area contributed by atoms with E-state index in [0.717, 1.165) is 0 Å². The quantitative estimate of drug-likeness (QED) is 0.792. The molecule has 0 rings (SSSR count). The average molecular weight is 244 g/mol. The van der Waals surface area contributed by atoms with Crippen LogP contribution in [0.25, 0.3) is 0 Å². The summed E-state index contributed by atoms with van der Waals surface area (Å²) in [6.07, 6.45) is 0. The van der Waals surface area contributed by atoms with Crippen molar-refractivity contribution in [3.05, 3.63) is 0 Å². The average Bonchev–Trinajstić information content (AvgIpc) is 2.09. The summed E-state index contributed by atoms with van der Waals surface area (Å²) in [5, 5.41) is 11.6. The topological polar surface area (TPSA) is 69.6 Å². The Balaban J connectivity index is 4.58. The molecule has 100 valence electrons. The van der Waals surface area contributed by atoms with Gasteiger partial charge in [0.15, 0.2) is 0 Å². The van der Waals surface area contributed by atoms with Gasteiger partial charge in [-0.05, 0) is 11.3 Å². The highest BCUT2D eigenvalue weighted by Gasteiger charge is 2.33. The molecule has 5 nitrogen and oxygen atoms in total. The van der Waals surface area contributed by atoms with Gasteiger partial charge in [0.05, 0.1) is 0 Å². The van der Waals surface area contributed by atoms with Gasteiger partial charge in [-0.3, -0.25) is 0 Å². The van der Waals surface area contributed by atoms with Crippen molar-refractivity contribution in [3.63, 3.8) is 0 Å². The van der Waals surface area contributed by atoms with E-state index >= 15 is 0 Å². The second-order valence-corrected chi connectivity index (χ2v) is 5.86. The molecule has 0 heterocycles. The molecule has 0 radical (unpaired) electrons. The van der Waals surface area contributed by atoms with Crippen LogP contribution in [0.2, 0.25) is 0 Å². The van der Waals surface area contributed by atoms with Crippen molar-refractivity contribution in [2.24, 2.45) is 11.3 Å². The van der Waals surface area contributed by atoms with Crippen molar-refractivity contribution in [3.8, 4) is 0 Å². The lowest BCUT2D eigenvalue weighted by atomic mass is 9.87. The van der Waals surface area contributed by atoms with Gasteiger partial charge in [0.1, 0.15) is 6.04 Å². The Bertz CT molecular complexity index is 282. The van der Waals surface area contributed by atoms with Gasteiger partial charge in [0, 0.05) is 13.6 Å². The molecule has 0 aromatic rings. The first kappa shape index (κ1) is 15.7.